The molecule has 0 radical (unpaired) electrons. The number of hydrogen-bond donors (Lipinski definition) is 3. The molecule has 1 amide bonds. The highest BCUT2D eigenvalue weighted by atomic mass is 32.2. The summed E-state index contributed by atoms with van der Waals surface area (Å²) >= 11 is 1.73. The molecule has 4 nitrogen and oxygen atoms in total. The Morgan fingerprint density at radius 2 is 2.00 bits per heavy atom. The lowest BCUT2D eigenvalue weighted by Gasteiger charge is -2.10. The first-order chi connectivity index (χ1) is 8.06. The third-order valence-electron chi connectivity index (χ3n) is 2.49. The number of hydrogen-bond acceptors (Lipinski definition) is 4. The van der Waals surface area contributed by atoms with Crippen LogP contribution in [0, 0.1) is 0 Å². The first kappa shape index (κ1) is 13.7. The average Bonchev–Trinajstić information content (AvgIpc) is 2.28. The van der Waals surface area contributed by atoms with Crippen LogP contribution in [-0.4, -0.2) is 34.2 Å². The summed E-state index contributed by atoms with van der Waals surface area (Å²) in [5.41, 5.74) is -0.0655. The second-order valence-corrected chi connectivity index (χ2v) is 5.04. The molecule has 17 heavy (non-hydrogen) atoms. The maximum Gasteiger partial charge on any atom is 0.258 e. The highest BCUT2D eigenvalue weighted by Gasteiger charge is 2.15. The Morgan fingerprint density at radius 1 is 1.41 bits per heavy atom. The number of aromatic hydroxyl groups is 2. The van der Waals surface area contributed by atoms with Gasteiger partial charge in [-0.1, -0.05) is 13.0 Å². The Balaban J connectivity index is 2.59. The quantitative estimate of drug-likeness (QED) is 0.752. The van der Waals surface area contributed by atoms with Gasteiger partial charge >= 0.3 is 0 Å². The normalized spacial score (nSPS) is 12.1. The van der Waals surface area contributed by atoms with Crippen molar-refractivity contribution >= 4 is 17.7 Å². The van der Waals surface area contributed by atoms with E-state index in [1.54, 1.807) is 11.8 Å². The number of phenols is 2. The van der Waals surface area contributed by atoms with Gasteiger partial charge in [-0.15, -0.1) is 0 Å². The SMILES string of the molecule is CSC(C)CCNC(=O)c1c(O)cccc1O. The number of carbonyl (C=O) groups is 1. The van der Waals surface area contributed by atoms with E-state index in [2.05, 4.69) is 12.2 Å². The summed E-state index contributed by atoms with van der Waals surface area (Å²) in [4.78, 5) is 11.7. The molecule has 0 bridgehead atoms. The van der Waals surface area contributed by atoms with Gasteiger partial charge < -0.3 is 15.5 Å². The molecule has 0 aromatic heterocycles. The summed E-state index contributed by atoms with van der Waals surface area (Å²) in [6, 6.07) is 4.23. The van der Waals surface area contributed by atoms with E-state index in [9.17, 15) is 15.0 Å². The van der Waals surface area contributed by atoms with Crippen LogP contribution in [0.3, 0.4) is 0 Å². The van der Waals surface area contributed by atoms with E-state index in [0.29, 0.717) is 11.8 Å². The standard InChI is InChI=1S/C12H17NO3S/c1-8(17-2)6-7-13-12(16)11-9(14)4-3-5-10(11)15/h3-5,8,14-15H,6-7H2,1-2H3,(H,13,16). The first-order valence-electron chi connectivity index (χ1n) is 5.38. The van der Waals surface area contributed by atoms with Crippen molar-refractivity contribution in [2.45, 2.75) is 18.6 Å². The van der Waals surface area contributed by atoms with E-state index in [1.807, 2.05) is 6.26 Å². The van der Waals surface area contributed by atoms with Crippen molar-refractivity contribution in [3.8, 4) is 11.5 Å². The molecule has 0 aliphatic rings. The molecule has 94 valence electrons. The number of nitrogens with one attached hydrogen (secondary N) is 1. The van der Waals surface area contributed by atoms with E-state index >= 15 is 0 Å². The summed E-state index contributed by atoms with van der Waals surface area (Å²) in [5.74, 6) is -0.866. The van der Waals surface area contributed by atoms with Gasteiger partial charge in [0.1, 0.15) is 17.1 Å². The van der Waals surface area contributed by atoms with Crippen LogP contribution in [-0.2, 0) is 0 Å². The Kier molecular flexibility index (Phi) is 5.15. The van der Waals surface area contributed by atoms with Gasteiger partial charge in [0.05, 0.1) is 0 Å². The Hall–Kier alpha value is -1.36. The van der Waals surface area contributed by atoms with E-state index in [0.717, 1.165) is 6.42 Å². The van der Waals surface area contributed by atoms with Gasteiger partial charge in [-0.3, -0.25) is 4.79 Å². The number of thioether (sulfide) groups is 1. The maximum absolute atomic E-state index is 11.7. The summed E-state index contributed by atoms with van der Waals surface area (Å²) in [5, 5.41) is 22.1. The predicted octanol–water partition coefficient (Wildman–Crippen LogP) is 1.97. The van der Waals surface area contributed by atoms with Crippen molar-refractivity contribution in [2.24, 2.45) is 0 Å². The molecule has 5 heteroatoms. The summed E-state index contributed by atoms with van der Waals surface area (Å²) < 4.78 is 0. The van der Waals surface area contributed by atoms with Crippen molar-refractivity contribution in [3.63, 3.8) is 0 Å². The van der Waals surface area contributed by atoms with Crippen LogP contribution in [0.2, 0.25) is 0 Å². The van der Waals surface area contributed by atoms with Gasteiger partial charge in [0.25, 0.3) is 5.91 Å². The van der Waals surface area contributed by atoms with E-state index < -0.39 is 5.91 Å². The molecule has 1 rings (SSSR count). The Bertz CT molecular complexity index is 375. The molecular formula is C12H17NO3S. The lowest BCUT2D eigenvalue weighted by Crippen LogP contribution is -2.26. The minimum absolute atomic E-state index is 0.0655. The Labute approximate surface area is 105 Å². The third kappa shape index (κ3) is 3.85. The summed E-state index contributed by atoms with van der Waals surface area (Å²) in [6.45, 7) is 2.60. The first-order valence-corrected chi connectivity index (χ1v) is 6.67. The minimum atomic E-state index is -0.450. The van der Waals surface area contributed by atoms with Gasteiger partial charge in [0.15, 0.2) is 0 Å². The minimum Gasteiger partial charge on any atom is -0.507 e. The van der Waals surface area contributed by atoms with Gasteiger partial charge in [0.2, 0.25) is 0 Å². The van der Waals surface area contributed by atoms with Gasteiger partial charge in [0, 0.05) is 11.8 Å². The molecule has 0 spiro atoms. The fourth-order valence-corrected chi connectivity index (χ4v) is 1.71. The van der Waals surface area contributed by atoms with Crippen molar-refractivity contribution in [3.05, 3.63) is 23.8 Å². The largest absolute Gasteiger partial charge is 0.507 e. The molecule has 1 atom stereocenters. The zero-order valence-electron chi connectivity index (χ0n) is 9.93. The molecule has 3 N–H and O–H groups in total. The molecule has 0 aliphatic carbocycles. The second kappa shape index (κ2) is 6.39. The molecule has 1 unspecified atom stereocenters. The fourth-order valence-electron chi connectivity index (χ4n) is 1.36. The predicted molar refractivity (Wildman–Crippen MR) is 69.7 cm³/mol. The van der Waals surface area contributed by atoms with Gasteiger partial charge in [-0.05, 0) is 24.8 Å². The maximum atomic E-state index is 11.7. The molecule has 1 aromatic rings. The fraction of sp³-hybridized carbons (Fsp3) is 0.417. The van der Waals surface area contributed by atoms with Crippen molar-refractivity contribution < 1.29 is 15.0 Å². The highest BCUT2D eigenvalue weighted by Crippen LogP contribution is 2.25. The number of rotatable bonds is 5. The van der Waals surface area contributed by atoms with Gasteiger partial charge in [-0.25, -0.2) is 0 Å². The number of phenolic OH excluding ortho intramolecular Hbond substituents is 2. The topological polar surface area (TPSA) is 69.6 Å². The van der Waals surface area contributed by atoms with Crippen LogP contribution < -0.4 is 5.32 Å². The average molecular weight is 255 g/mol. The molecule has 0 saturated carbocycles. The van der Waals surface area contributed by atoms with E-state index in [4.69, 9.17) is 0 Å². The van der Waals surface area contributed by atoms with Crippen LogP contribution >= 0.6 is 11.8 Å². The highest BCUT2D eigenvalue weighted by molar-refractivity contribution is 7.99. The number of amides is 1. The Morgan fingerprint density at radius 3 is 2.53 bits per heavy atom. The third-order valence-corrected chi connectivity index (χ3v) is 3.53. The van der Waals surface area contributed by atoms with Crippen LogP contribution in [0.5, 0.6) is 11.5 Å². The van der Waals surface area contributed by atoms with E-state index in [1.165, 1.54) is 18.2 Å². The second-order valence-electron chi connectivity index (χ2n) is 3.76. The molecule has 0 fully saturated rings. The zero-order valence-corrected chi connectivity index (χ0v) is 10.8. The lowest BCUT2D eigenvalue weighted by atomic mass is 10.1. The molecule has 0 heterocycles. The van der Waals surface area contributed by atoms with Crippen molar-refractivity contribution in [1.82, 2.24) is 5.32 Å². The molecular weight excluding hydrogens is 238 g/mol. The van der Waals surface area contributed by atoms with Gasteiger partial charge in [-0.2, -0.15) is 11.8 Å². The molecule has 0 aliphatic heterocycles. The smallest absolute Gasteiger partial charge is 0.258 e. The monoisotopic (exact) mass is 255 g/mol. The number of carbonyl (C=O) groups excluding carboxylic acids is 1. The van der Waals surface area contributed by atoms with Crippen LogP contribution in [0.1, 0.15) is 23.7 Å². The van der Waals surface area contributed by atoms with Crippen LogP contribution in [0.4, 0.5) is 0 Å². The lowest BCUT2D eigenvalue weighted by molar-refractivity contribution is 0.0948. The molecule has 1 aromatic carbocycles. The van der Waals surface area contributed by atoms with E-state index in [-0.39, 0.29) is 17.1 Å². The number of benzene rings is 1. The summed E-state index contributed by atoms with van der Waals surface area (Å²) in [6.07, 6.45) is 2.86. The van der Waals surface area contributed by atoms with Crippen LogP contribution in [0.25, 0.3) is 0 Å². The van der Waals surface area contributed by atoms with Crippen molar-refractivity contribution in [2.75, 3.05) is 12.8 Å². The van der Waals surface area contributed by atoms with Crippen LogP contribution in [0.15, 0.2) is 18.2 Å². The zero-order chi connectivity index (χ0) is 12.8. The van der Waals surface area contributed by atoms with Crippen molar-refractivity contribution in [1.29, 1.82) is 0 Å². The summed E-state index contributed by atoms with van der Waals surface area (Å²) in [7, 11) is 0. The molecule has 0 saturated heterocycles.